The predicted octanol–water partition coefficient (Wildman–Crippen LogP) is 2.50. The Balaban J connectivity index is 1.88. The maximum absolute atomic E-state index is 5.39. The maximum atomic E-state index is 5.39. The van der Waals surface area contributed by atoms with Crippen LogP contribution in [0.25, 0.3) is 0 Å². The molecule has 0 heterocycles. The van der Waals surface area contributed by atoms with Crippen molar-refractivity contribution in [1.29, 1.82) is 0 Å². The van der Waals surface area contributed by atoms with Gasteiger partial charge in [-0.25, -0.2) is 0 Å². The summed E-state index contributed by atoms with van der Waals surface area (Å²) in [7, 11) is 5.60. The van der Waals surface area contributed by atoms with E-state index in [9.17, 15) is 0 Å². The molecule has 0 saturated heterocycles. The van der Waals surface area contributed by atoms with Gasteiger partial charge in [0.05, 0.1) is 7.11 Å². The van der Waals surface area contributed by atoms with E-state index in [-0.39, 0.29) is 0 Å². The molecule has 0 aromatic heterocycles. The van der Waals surface area contributed by atoms with Crippen molar-refractivity contribution < 1.29 is 4.74 Å². The molecule has 1 fully saturated rings. The molecule has 0 atom stereocenters. The lowest BCUT2D eigenvalue weighted by atomic mass is 10.2. The van der Waals surface area contributed by atoms with Crippen LogP contribution in [0.1, 0.15) is 24.8 Å². The fraction of sp³-hybridized carbons (Fsp3) is 0.562. The summed E-state index contributed by atoms with van der Waals surface area (Å²) in [6.07, 6.45) is 4.05. The number of para-hydroxylation sites is 1. The van der Waals surface area contributed by atoms with Gasteiger partial charge >= 0.3 is 0 Å². The lowest BCUT2D eigenvalue weighted by Crippen LogP contribution is -2.39. The molecular formula is C16H25N3O. The molecule has 0 radical (unpaired) electrons. The Morgan fingerprint density at radius 2 is 2.15 bits per heavy atom. The summed E-state index contributed by atoms with van der Waals surface area (Å²) >= 11 is 0. The van der Waals surface area contributed by atoms with Gasteiger partial charge in [0.2, 0.25) is 0 Å². The van der Waals surface area contributed by atoms with Gasteiger partial charge in [-0.3, -0.25) is 4.99 Å². The van der Waals surface area contributed by atoms with Crippen LogP contribution in [-0.2, 0) is 6.54 Å². The fourth-order valence-electron chi connectivity index (χ4n) is 2.34. The van der Waals surface area contributed by atoms with Crippen molar-refractivity contribution in [1.82, 2.24) is 10.2 Å². The van der Waals surface area contributed by atoms with Crippen LogP contribution in [0.15, 0.2) is 29.3 Å². The smallest absolute Gasteiger partial charge is 0.193 e. The summed E-state index contributed by atoms with van der Waals surface area (Å²) in [5.74, 6) is 2.81. The Hall–Kier alpha value is -1.71. The van der Waals surface area contributed by atoms with Crippen molar-refractivity contribution in [2.45, 2.75) is 25.8 Å². The highest BCUT2D eigenvalue weighted by Crippen LogP contribution is 2.31. The molecule has 0 aliphatic heterocycles. The van der Waals surface area contributed by atoms with E-state index in [2.05, 4.69) is 28.3 Å². The summed E-state index contributed by atoms with van der Waals surface area (Å²) in [6, 6.07) is 8.11. The average molecular weight is 275 g/mol. The van der Waals surface area contributed by atoms with Gasteiger partial charge in [-0.2, -0.15) is 0 Å². The van der Waals surface area contributed by atoms with E-state index in [4.69, 9.17) is 4.74 Å². The Labute approximate surface area is 121 Å². The minimum absolute atomic E-state index is 0.785. The zero-order valence-corrected chi connectivity index (χ0v) is 12.7. The molecule has 0 spiro atoms. The molecule has 1 aliphatic carbocycles. The van der Waals surface area contributed by atoms with E-state index in [1.165, 1.54) is 24.8 Å². The van der Waals surface area contributed by atoms with Crippen molar-refractivity contribution in [3.63, 3.8) is 0 Å². The largest absolute Gasteiger partial charge is 0.496 e. The van der Waals surface area contributed by atoms with Crippen LogP contribution in [0.4, 0.5) is 0 Å². The molecule has 4 heteroatoms. The van der Waals surface area contributed by atoms with E-state index in [0.29, 0.717) is 0 Å². The number of nitrogens with one attached hydrogen (secondary N) is 1. The van der Waals surface area contributed by atoms with E-state index < -0.39 is 0 Å². The first-order valence-corrected chi connectivity index (χ1v) is 7.28. The second-order valence-electron chi connectivity index (χ2n) is 5.37. The van der Waals surface area contributed by atoms with Crippen LogP contribution >= 0.6 is 0 Å². The van der Waals surface area contributed by atoms with Gasteiger partial charge in [0, 0.05) is 32.7 Å². The van der Waals surface area contributed by atoms with Gasteiger partial charge in [-0.15, -0.1) is 0 Å². The van der Waals surface area contributed by atoms with Crippen LogP contribution in [-0.4, -0.2) is 38.6 Å². The van der Waals surface area contributed by atoms with E-state index in [1.807, 2.05) is 25.2 Å². The summed E-state index contributed by atoms with van der Waals surface area (Å²) in [6.45, 7) is 1.79. The number of hydrogen-bond acceptors (Lipinski definition) is 2. The highest BCUT2D eigenvalue weighted by molar-refractivity contribution is 5.79. The number of methoxy groups -OCH3 is 1. The minimum atomic E-state index is 0.785. The molecule has 0 amide bonds. The zero-order valence-electron chi connectivity index (χ0n) is 12.7. The van der Waals surface area contributed by atoms with Gasteiger partial charge in [-0.1, -0.05) is 31.0 Å². The summed E-state index contributed by atoms with van der Waals surface area (Å²) in [5, 5.41) is 3.43. The molecule has 20 heavy (non-hydrogen) atoms. The maximum Gasteiger partial charge on any atom is 0.193 e. The Bertz CT molecular complexity index is 455. The number of ether oxygens (including phenoxy) is 1. The lowest BCUT2D eigenvalue weighted by molar-refractivity contribution is 0.396. The summed E-state index contributed by atoms with van der Waals surface area (Å²) < 4.78 is 5.39. The highest BCUT2D eigenvalue weighted by Gasteiger charge is 2.20. The third kappa shape index (κ3) is 4.15. The number of aliphatic imine (C=N–C) groups is 1. The molecule has 4 nitrogen and oxygen atoms in total. The quantitative estimate of drug-likeness (QED) is 0.640. The minimum Gasteiger partial charge on any atom is -0.496 e. The monoisotopic (exact) mass is 275 g/mol. The van der Waals surface area contributed by atoms with Gasteiger partial charge in [-0.05, 0) is 18.4 Å². The standard InChI is InChI=1S/C16H25N3O/c1-17-16(18-11-10-13-8-9-13)19(2)12-14-6-4-5-7-15(14)20-3/h4-7,13H,8-12H2,1-3H3,(H,17,18). The topological polar surface area (TPSA) is 36.9 Å². The molecule has 0 unspecified atom stereocenters. The molecule has 2 rings (SSSR count). The number of benzene rings is 1. The average Bonchev–Trinajstić information content (AvgIpc) is 3.28. The fourth-order valence-corrected chi connectivity index (χ4v) is 2.34. The normalized spacial score (nSPS) is 15.1. The van der Waals surface area contributed by atoms with Crippen molar-refractivity contribution in [3.05, 3.63) is 29.8 Å². The van der Waals surface area contributed by atoms with Gasteiger partial charge in [0.1, 0.15) is 5.75 Å². The predicted molar refractivity (Wildman–Crippen MR) is 83.2 cm³/mol. The van der Waals surface area contributed by atoms with Gasteiger partial charge < -0.3 is 15.0 Å². The van der Waals surface area contributed by atoms with Crippen LogP contribution in [0.3, 0.4) is 0 Å². The highest BCUT2D eigenvalue weighted by atomic mass is 16.5. The Kier molecular flexibility index (Phi) is 5.27. The van der Waals surface area contributed by atoms with Crippen molar-refractivity contribution >= 4 is 5.96 Å². The molecule has 1 aliphatic rings. The van der Waals surface area contributed by atoms with E-state index in [0.717, 1.165) is 30.7 Å². The number of nitrogens with zero attached hydrogens (tertiary/aromatic N) is 2. The summed E-state index contributed by atoms with van der Waals surface area (Å²) in [4.78, 5) is 6.48. The summed E-state index contributed by atoms with van der Waals surface area (Å²) in [5.41, 5.74) is 1.17. The number of rotatable bonds is 6. The first-order valence-electron chi connectivity index (χ1n) is 7.28. The van der Waals surface area contributed by atoms with Crippen molar-refractivity contribution in [3.8, 4) is 5.75 Å². The molecule has 1 saturated carbocycles. The van der Waals surface area contributed by atoms with Gasteiger partial charge in [0.25, 0.3) is 0 Å². The van der Waals surface area contributed by atoms with E-state index >= 15 is 0 Å². The molecule has 1 aromatic carbocycles. The lowest BCUT2D eigenvalue weighted by Gasteiger charge is -2.23. The number of hydrogen-bond donors (Lipinski definition) is 1. The van der Waals surface area contributed by atoms with Gasteiger partial charge in [0.15, 0.2) is 5.96 Å². The van der Waals surface area contributed by atoms with Crippen LogP contribution in [0, 0.1) is 5.92 Å². The van der Waals surface area contributed by atoms with Crippen molar-refractivity contribution in [2.75, 3.05) is 27.7 Å². The van der Waals surface area contributed by atoms with Crippen LogP contribution < -0.4 is 10.1 Å². The SMILES string of the molecule is CN=C(NCCC1CC1)N(C)Cc1ccccc1OC. The van der Waals surface area contributed by atoms with E-state index in [1.54, 1.807) is 7.11 Å². The van der Waals surface area contributed by atoms with Crippen molar-refractivity contribution in [2.24, 2.45) is 10.9 Å². The second kappa shape index (κ2) is 7.17. The molecule has 1 N–H and O–H groups in total. The first-order chi connectivity index (χ1) is 9.74. The van der Waals surface area contributed by atoms with Crippen LogP contribution in [0.2, 0.25) is 0 Å². The molecule has 1 aromatic rings. The Morgan fingerprint density at radius 3 is 2.80 bits per heavy atom. The molecule has 110 valence electrons. The zero-order chi connectivity index (χ0) is 14.4. The first kappa shape index (κ1) is 14.7. The third-order valence-corrected chi connectivity index (χ3v) is 3.71. The Morgan fingerprint density at radius 1 is 1.40 bits per heavy atom. The third-order valence-electron chi connectivity index (χ3n) is 3.71. The second-order valence-corrected chi connectivity index (χ2v) is 5.37. The molecular weight excluding hydrogens is 250 g/mol. The number of guanidine groups is 1. The van der Waals surface area contributed by atoms with Crippen LogP contribution in [0.5, 0.6) is 5.75 Å². The molecule has 0 bridgehead atoms.